The summed E-state index contributed by atoms with van der Waals surface area (Å²) in [5.74, 6) is 2.15. The highest BCUT2D eigenvalue weighted by molar-refractivity contribution is 5.38. The Morgan fingerprint density at radius 2 is 2.19 bits per heavy atom. The predicted molar refractivity (Wildman–Crippen MR) is 64.7 cm³/mol. The number of aryl methyl sites for hydroxylation is 1. The van der Waals surface area contributed by atoms with Crippen molar-refractivity contribution < 1.29 is 4.74 Å². The Morgan fingerprint density at radius 3 is 2.88 bits per heavy atom. The van der Waals surface area contributed by atoms with Gasteiger partial charge in [0.1, 0.15) is 11.6 Å². The lowest BCUT2D eigenvalue weighted by Gasteiger charge is -2.08. The first-order valence-corrected chi connectivity index (χ1v) is 5.68. The van der Waals surface area contributed by atoms with Crippen LogP contribution in [0, 0.1) is 6.92 Å². The minimum Gasteiger partial charge on any atom is -0.478 e. The molecular formula is C11H20N4O. The molecule has 1 aromatic rings. The maximum Gasteiger partial charge on any atom is 0.218 e. The Balaban J connectivity index is 2.51. The first-order chi connectivity index (χ1) is 7.76. The molecule has 0 unspecified atom stereocenters. The average molecular weight is 224 g/mol. The van der Waals surface area contributed by atoms with Crippen LogP contribution < -0.4 is 15.8 Å². The molecule has 5 heteroatoms. The second kappa shape index (κ2) is 7.00. The van der Waals surface area contributed by atoms with Gasteiger partial charge in [-0.15, -0.1) is 0 Å². The molecule has 0 amide bonds. The van der Waals surface area contributed by atoms with E-state index in [1.54, 1.807) is 0 Å². The Morgan fingerprint density at radius 1 is 1.38 bits per heavy atom. The van der Waals surface area contributed by atoms with Gasteiger partial charge in [-0.3, -0.25) is 0 Å². The second-order valence-electron chi connectivity index (χ2n) is 3.49. The zero-order valence-corrected chi connectivity index (χ0v) is 9.99. The molecule has 0 fully saturated rings. The Hall–Kier alpha value is -1.36. The number of nitrogens with one attached hydrogen (secondary N) is 1. The maximum absolute atomic E-state index is 5.42. The summed E-state index contributed by atoms with van der Waals surface area (Å²) in [6.07, 6.45) is 2.07. The Kier molecular flexibility index (Phi) is 5.56. The van der Waals surface area contributed by atoms with Crippen molar-refractivity contribution in [2.45, 2.75) is 26.7 Å². The fourth-order valence-electron chi connectivity index (χ4n) is 1.34. The van der Waals surface area contributed by atoms with Crippen LogP contribution in [0.25, 0.3) is 0 Å². The molecule has 0 spiro atoms. The quantitative estimate of drug-likeness (QED) is 0.684. The van der Waals surface area contributed by atoms with Crippen LogP contribution >= 0.6 is 0 Å². The lowest BCUT2D eigenvalue weighted by atomic mass is 10.3. The van der Waals surface area contributed by atoms with Gasteiger partial charge in [0.15, 0.2) is 0 Å². The van der Waals surface area contributed by atoms with Crippen molar-refractivity contribution in [1.82, 2.24) is 9.97 Å². The van der Waals surface area contributed by atoms with E-state index in [9.17, 15) is 0 Å². The third-order valence-corrected chi connectivity index (χ3v) is 2.04. The molecule has 16 heavy (non-hydrogen) atoms. The first-order valence-electron chi connectivity index (χ1n) is 5.68. The predicted octanol–water partition coefficient (Wildman–Crippen LogP) is 1.33. The molecule has 0 aliphatic rings. The number of ether oxygens (including phenoxy) is 1. The van der Waals surface area contributed by atoms with Gasteiger partial charge in [-0.25, -0.2) is 4.98 Å². The van der Waals surface area contributed by atoms with Gasteiger partial charge < -0.3 is 15.8 Å². The Bertz CT molecular complexity index is 317. The average Bonchev–Trinajstić information content (AvgIpc) is 2.24. The zero-order chi connectivity index (χ0) is 11.8. The number of nitrogens with zero attached hydrogens (tertiary/aromatic N) is 2. The third kappa shape index (κ3) is 4.44. The Labute approximate surface area is 96.4 Å². The van der Waals surface area contributed by atoms with E-state index in [1.165, 1.54) is 0 Å². The van der Waals surface area contributed by atoms with Gasteiger partial charge in [-0.05, 0) is 33.2 Å². The highest BCUT2D eigenvalue weighted by Gasteiger charge is 2.01. The van der Waals surface area contributed by atoms with Crippen molar-refractivity contribution in [3.05, 3.63) is 11.9 Å². The van der Waals surface area contributed by atoms with Crippen LogP contribution in [-0.2, 0) is 0 Å². The minimum absolute atomic E-state index is 0.614. The monoisotopic (exact) mass is 224 g/mol. The molecule has 0 bridgehead atoms. The van der Waals surface area contributed by atoms with E-state index in [-0.39, 0.29) is 0 Å². The second-order valence-corrected chi connectivity index (χ2v) is 3.49. The molecule has 0 saturated heterocycles. The number of hydrogen-bond donors (Lipinski definition) is 2. The molecule has 0 aromatic carbocycles. The fraction of sp³-hybridized carbons (Fsp3) is 0.636. The number of aromatic nitrogens is 2. The molecule has 0 aliphatic carbocycles. The SMILES string of the molecule is CCOc1cc(NCCCCN)nc(C)n1. The van der Waals surface area contributed by atoms with Crippen molar-refractivity contribution in [2.75, 3.05) is 25.0 Å². The van der Waals surface area contributed by atoms with Gasteiger partial charge in [0.25, 0.3) is 0 Å². The summed E-state index contributed by atoms with van der Waals surface area (Å²) in [5.41, 5.74) is 5.42. The summed E-state index contributed by atoms with van der Waals surface area (Å²) in [5, 5.41) is 3.23. The molecular weight excluding hydrogens is 204 g/mol. The summed E-state index contributed by atoms with van der Waals surface area (Å²) in [6, 6.07) is 1.82. The molecule has 0 saturated carbocycles. The van der Waals surface area contributed by atoms with E-state index in [2.05, 4.69) is 15.3 Å². The lowest BCUT2D eigenvalue weighted by molar-refractivity contribution is 0.325. The molecule has 0 atom stereocenters. The van der Waals surface area contributed by atoms with E-state index >= 15 is 0 Å². The normalized spacial score (nSPS) is 10.2. The smallest absolute Gasteiger partial charge is 0.218 e. The van der Waals surface area contributed by atoms with E-state index in [0.717, 1.165) is 31.7 Å². The van der Waals surface area contributed by atoms with Gasteiger partial charge in [-0.2, -0.15) is 4.98 Å². The van der Waals surface area contributed by atoms with Crippen LogP contribution in [0.5, 0.6) is 5.88 Å². The largest absolute Gasteiger partial charge is 0.478 e. The number of rotatable bonds is 7. The summed E-state index contributed by atoms with van der Waals surface area (Å²) in [6.45, 7) is 6.01. The van der Waals surface area contributed by atoms with Gasteiger partial charge in [-0.1, -0.05) is 0 Å². The molecule has 0 aliphatic heterocycles. The summed E-state index contributed by atoms with van der Waals surface area (Å²) < 4.78 is 5.34. The van der Waals surface area contributed by atoms with Crippen molar-refractivity contribution >= 4 is 5.82 Å². The number of unbranched alkanes of at least 4 members (excludes halogenated alkanes) is 1. The topological polar surface area (TPSA) is 73.1 Å². The van der Waals surface area contributed by atoms with Gasteiger partial charge in [0.2, 0.25) is 5.88 Å². The van der Waals surface area contributed by atoms with Crippen molar-refractivity contribution in [3.63, 3.8) is 0 Å². The molecule has 1 rings (SSSR count). The van der Waals surface area contributed by atoms with Gasteiger partial charge in [0.05, 0.1) is 6.61 Å². The minimum atomic E-state index is 0.614. The van der Waals surface area contributed by atoms with E-state index in [0.29, 0.717) is 18.3 Å². The van der Waals surface area contributed by atoms with E-state index in [1.807, 2.05) is 19.9 Å². The molecule has 5 nitrogen and oxygen atoms in total. The summed E-state index contributed by atoms with van der Waals surface area (Å²) >= 11 is 0. The fourth-order valence-corrected chi connectivity index (χ4v) is 1.34. The third-order valence-electron chi connectivity index (χ3n) is 2.04. The van der Waals surface area contributed by atoms with Crippen LogP contribution in [0.2, 0.25) is 0 Å². The summed E-state index contributed by atoms with van der Waals surface area (Å²) in [4.78, 5) is 8.45. The molecule has 90 valence electrons. The van der Waals surface area contributed by atoms with Gasteiger partial charge in [0, 0.05) is 12.6 Å². The standard InChI is InChI=1S/C11H20N4O/c1-3-16-11-8-10(14-9(2)15-11)13-7-5-4-6-12/h8H,3-7,12H2,1-2H3,(H,13,14,15). The van der Waals surface area contributed by atoms with Crippen molar-refractivity contribution in [2.24, 2.45) is 5.73 Å². The van der Waals surface area contributed by atoms with Crippen molar-refractivity contribution in [1.29, 1.82) is 0 Å². The lowest BCUT2D eigenvalue weighted by Crippen LogP contribution is -2.08. The van der Waals surface area contributed by atoms with Crippen molar-refractivity contribution in [3.8, 4) is 5.88 Å². The molecule has 1 aromatic heterocycles. The maximum atomic E-state index is 5.42. The van der Waals surface area contributed by atoms with E-state index in [4.69, 9.17) is 10.5 Å². The summed E-state index contributed by atoms with van der Waals surface area (Å²) in [7, 11) is 0. The highest BCUT2D eigenvalue weighted by Crippen LogP contribution is 2.13. The van der Waals surface area contributed by atoms with Crippen LogP contribution in [0.4, 0.5) is 5.82 Å². The highest BCUT2D eigenvalue weighted by atomic mass is 16.5. The van der Waals surface area contributed by atoms with Crippen LogP contribution in [-0.4, -0.2) is 29.7 Å². The van der Waals surface area contributed by atoms with Crippen LogP contribution in [0.1, 0.15) is 25.6 Å². The molecule has 1 heterocycles. The van der Waals surface area contributed by atoms with Crippen LogP contribution in [0.3, 0.4) is 0 Å². The van der Waals surface area contributed by atoms with Crippen LogP contribution in [0.15, 0.2) is 6.07 Å². The first kappa shape index (κ1) is 12.7. The zero-order valence-electron chi connectivity index (χ0n) is 9.99. The van der Waals surface area contributed by atoms with E-state index < -0.39 is 0 Å². The van der Waals surface area contributed by atoms with Gasteiger partial charge >= 0.3 is 0 Å². The number of nitrogens with two attached hydrogens (primary N) is 1. The molecule has 0 radical (unpaired) electrons. The molecule has 3 N–H and O–H groups in total. The number of hydrogen-bond acceptors (Lipinski definition) is 5. The number of anilines is 1.